The van der Waals surface area contributed by atoms with Crippen LogP contribution in [0.25, 0.3) is 10.9 Å². The quantitative estimate of drug-likeness (QED) is 0.801. The molecule has 0 unspecified atom stereocenters. The minimum absolute atomic E-state index is 0.408. The third-order valence-corrected chi connectivity index (χ3v) is 4.62. The number of fused-ring (bicyclic) bond motifs is 1. The van der Waals surface area contributed by atoms with Crippen LogP contribution in [0.1, 0.15) is 36.6 Å². The van der Waals surface area contributed by atoms with E-state index in [0.717, 1.165) is 18.8 Å². The highest BCUT2D eigenvalue weighted by Crippen LogP contribution is 2.32. The van der Waals surface area contributed by atoms with Crippen molar-refractivity contribution in [3.8, 4) is 0 Å². The normalized spacial score (nSPS) is 19.5. The molecule has 4 nitrogen and oxygen atoms in total. The second-order valence-electron chi connectivity index (χ2n) is 5.97. The molecule has 1 aliphatic heterocycles. The predicted octanol–water partition coefficient (Wildman–Crippen LogP) is 3.69. The van der Waals surface area contributed by atoms with Gasteiger partial charge in [0, 0.05) is 29.8 Å². The van der Waals surface area contributed by atoms with Crippen LogP contribution in [-0.4, -0.2) is 26.4 Å². The molecular formula is C18H20N4. The van der Waals surface area contributed by atoms with Crippen molar-refractivity contribution < 1.29 is 0 Å². The molecule has 22 heavy (non-hydrogen) atoms. The summed E-state index contributed by atoms with van der Waals surface area (Å²) in [6.07, 6.45) is 9.26. The lowest BCUT2D eigenvalue weighted by Crippen LogP contribution is -2.33. The lowest BCUT2D eigenvalue weighted by atomic mass is 9.97. The zero-order chi connectivity index (χ0) is 14.8. The molecule has 0 spiro atoms. The Morgan fingerprint density at radius 1 is 1.18 bits per heavy atom. The van der Waals surface area contributed by atoms with Gasteiger partial charge in [0.2, 0.25) is 0 Å². The molecule has 0 radical (unpaired) electrons. The summed E-state index contributed by atoms with van der Waals surface area (Å²) in [5, 5.41) is 1.33. The summed E-state index contributed by atoms with van der Waals surface area (Å²) in [6, 6.07) is 11.1. The van der Waals surface area contributed by atoms with Crippen molar-refractivity contribution in [1.82, 2.24) is 19.9 Å². The topological polar surface area (TPSA) is 44.8 Å². The Morgan fingerprint density at radius 3 is 3.09 bits per heavy atom. The van der Waals surface area contributed by atoms with E-state index in [2.05, 4.69) is 50.2 Å². The molecule has 0 aliphatic carbocycles. The van der Waals surface area contributed by atoms with E-state index in [1.807, 2.05) is 12.4 Å². The largest absolute Gasteiger partial charge is 0.361 e. The maximum Gasteiger partial charge on any atom is 0.115 e. The Balaban J connectivity index is 1.64. The maximum absolute atomic E-state index is 4.49. The molecular weight excluding hydrogens is 272 g/mol. The first-order chi connectivity index (χ1) is 10.9. The number of benzene rings is 1. The van der Waals surface area contributed by atoms with E-state index in [0.29, 0.717) is 6.04 Å². The molecule has 3 heterocycles. The molecule has 0 bridgehead atoms. The van der Waals surface area contributed by atoms with Crippen LogP contribution in [0.15, 0.2) is 49.1 Å². The van der Waals surface area contributed by atoms with Crippen molar-refractivity contribution in [2.45, 2.75) is 31.8 Å². The minimum Gasteiger partial charge on any atom is -0.361 e. The second-order valence-corrected chi connectivity index (χ2v) is 5.97. The number of hydrogen-bond donors (Lipinski definition) is 1. The van der Waals surface area contributed by atoms with Crippen molar-refractivity contribution in [3.05, 3.63) is 60.3 Å². The fourth-order valence-corrected chi connectivity index (χ4v) is 3.52. The number of aromatic nitrogens is 3. The first kappa shape index (κ1) is 13.5. The summed E-state index contributed by atoms with van der Waals surface area (Å²) in [5.74, 6) is 0. The molecule has 1 aromatic carbocycles. The van der Waals surface area contributed by atoms with Crippen LogP contribution in [0.3, 0.4) is 0 Å². The standard InChI is InChI=1S/C18H20N4/c1-2-11-22(18(6-1)17-8-9-19-13-21-17)12-14-4-3-5-16-15(14)7-10-20-16/h3-5,7-10,13,18,20H,1-2,6,11-12H2/t18-/m1/s1. The molecule has 1 atom stereocenters. The average Bonchev–Trinajstić information content (AvgIpc) is 3.06. The van der Waals surface area contributed by atoms with E-state index in [-0.39, 0.29) is 0 Å². The fraction of sp³-hybridized carbons (Fsp3) is 0.333. The summed E-state index contributed by atoms with van der Waals surface area (Å²) in [4.78, 5) is 14.4. The number of likely N-dealkylation sites (tertiary alicyclic amines) is 1. The molecule has 1 aliphatic rings. The van der Waals surface area contributed by atoms with Gasteiger partial charge < -0.3 is 4.98 Å². The second kappa shape index (κ2) is 5.89. The van der Waals surface area contributed by atoms with Gasteiger partial charge in [-0.15, -0.1) is 0 Å². The number of aromatic amines is 1. The molecule has 1 N–H and O–H groups in total. The van der Waals surface area contributed by atoms with Crippen molar-refractivity contribution in [1.29, 1.82) is 0 Å². The predicted molar refractivity (Wildman–Crippen MR) is 87.3 cm³/mol. The Bertz CT molecular complexity index is 750. The van der Waals surface area contributed by atoms with Gasteiger partial charge in [0.25, 0.3) is 0 Å². The van der Waals surface area contributed by atoms with Gasteiger partial charge in [-0.25, -0.2) is 9.97 Å². The number of hydrogen-bond acceptors (Lipinski definition) is 3. The monoisotopic (exact) mass is 292 g/mol. The van der Waals surface area contributed by atoms with Gasteiger partial charge in [0.1, 0.15) is 6.33 Å². The van der Waals surface area contributed by atoms with Crippen LogP contribution in [-0.2, 0) is 6.54 Å². The number of nitrogens with zero attached hydrogens (tertiary/aromatic N) is 3. The van der Waals surface area contributed by atoms with Crippen LogP contribution in [0.2, 0.25) is 0 Å². The van der Waals surface area contributed by atoms with Gasteiger partial charge >= 0.3 is 0 Å². The maximum atomic E-state index is 4.49. The van der Waals surface area contributed by atoms with Gasteiger partial charge in [-0.3, -0.25) is 4.90 Å². The SMILES string of the molecule is c1cc(CN2CCCC[C@@H]2c2ccncn2)c2cc[nH]c2c1. The first-order valence-electron chi connectivity index (χ1n) is 7.97. The Hall–Kier alpha value is -2.20. The lowest BCUT2D eigenvalue weighted by Gasteiger charge is -2.35. The highest BCUT2D eigenvalue weighted by Gasteiger charge is 2.25. The highest BCUT2D eigenvalue weighted by molar-refractivity contribution is 5.82. The molecule has 0 saturated carbocycles. The van der Waals surface area contributed by atoms with E-state index < -0.39 is 0 Å². The van der Waals surface area contributed by atoms with Crippen molar-refractivity contribution in [3.63, 3.8) is 0 Å². The summed E-state index contributed by atoms with van der Waals surface area (Å²) in [6.45, 7) is 2.11. The van der Waals surface area contributed by atoms with Crippen LogP contribution < -0.4 is 0 Å². The molecule has 1 saturated heterocycles. The Morgan fingerprint density at radius 2 is 2.18 bits per heavy atom. The first-order valence-corrected chi connectivity index (χ1v) is 7.97. The van der Waals surface area contributed by atoms with E-state index >= 15 is 0 Å². The van der Waals surface area contributed by atoms with Crippen molar-refractivity contribution in [2.75, 3.05) is 6.54 Å². The van der Waals surface area contributed by atoms with Gasteiger partial charge in [0.15, 0.2) is 0 Å². The minimum atomic E-state index is 0.408. The third kappa shape index (κ3) is 2.50. The molecule has 2 aromatic heterocycles. The van der Waals surface area contributed by atoms with Crippen molar-refractivity contribution in [2.24, 2.45) is 0 Å². The number of nitrogens with one attached hydrogen (secondary N) is 1. The fourth-order valence-electron chi connectivity index (χ4n) is 3.52. The van der Waals surface area contributed by atoms with Crippen molar-refractivity contribution >= 4 is 10.9 Å². The van der Waals surface area contributed by atoms with Crippen LogP contribution in [0, 0.1) is 0 Å². The molecule has 112 valence electrons. The summed E-state index contributed by atoms with van der Waals surface area (Å²) >= 11 is 0. The molecule has 0 amide bonds. The molecule has 3 aromatic rings. The summed E-state index contributed by atoms with van der Waals surface area (Å²) < 4.78 is 0. The van der Waals surface area contributed by atoms with Gasteiger partial charge in [0.05, 0.1) is 11.7 Å². The molecule has 4 rings (SSSR count). The van der Waals surface area contributed by atoms with Gasteiger partial charge in [-0.05, 0) is 43.1 Å². The smallest absolute Gasteiger partial charge is 0.115 e. The van der Waals surface area contributed by atoms with E-state index in [9.17, 15) is 0 Å². The van der Waals surface area contributed by atoms with Gasteiger partial charge in [-0.2, -0.15) is 0 Å². The average molecular weight is 292 g/mol. The third-order valence-electron chi connectivity index (χ3n) is 4.62. The van der Waals surface area contributed by atoms with E-state index in [1.165, 1.54) is 35.7 Å². The highest BCUT2D eigenvalue weighted by atomic mass is 15.2. The number of rotatable bonds is 3. The van der Waals surface area contributed by atoms with E-state index in [1.54, 1.807) is 6.33 Å². The van der Waals surface area contributed by atoms with Crippen LogP contribution in [0.4, 0.5) is 0 Å². The lowest BCUT2D eigenvalue weighted by molar-refractivity contribution is 0.137. The van der Waals surface area contributed by atoms with E-state index in [4.69, 9.17) is 0 Å². The molecule has 4 heteroatoms. The Labute approximate surface area is 130 Å². The zero-order valence-corrected chi connectivity index (χ0v) is 12.6. The number of piperidine rings is 1. The number of H-pyrrole nitrogens is 1. The Kier molecular flexibility index (Phi) is 3.60. The zero-order valence-electron chi connectivity index (χ0n) is 12.6. The van der Waals surface area contributed by atoms with Gasteiger partial charge in [-0.1, -0.05) is 18.6 Å². The van der Waals surface area contributed by atoms with Crippen LogP contribution >= 0.6 is 0 Å². The molecule has 1 fully saturated rings. The summed E-state index contributed by atoms with van der Waals surface area (Å²) in [5.41, 5.74) is 3.75. The summed E-state index contributed by atoms with van der Waals surface area (Å²) in [7, 11) is 0. The van der Waals surface area contributed by atoms with Crippen LogP contribution in [0.5, 0.6) is 0 Å².